The molecule has 1 heteroatoms. The van der Waals surface area contributed by atoms with Crippen LogP contribution in [0, 0.1) is 0 Å². The summed E-state index contributed by atoms with van der Waals surface area (Å²) in [7, 11) is 0. The van der Waals surface area contributed by atoms with Crippen molar-refractivity contribution in [3.63, 3.8) is 0 Å². The molecule has 0 unspecified atom stereocenters. The lowest BCUT2D eigenvalue weighted by Crippen LogP contribution is -1.90. The van der Waals surface area contributed by atoms with Crippen molar-refractivity contribution in [2.24, 2.45) is 0 Å². The summed E-state index contributed by atoms with van der Waals surface area (Å²) in [5, 5.41) is 1.84. The van der Waals surface area contributed by atoms with Crippen LogP contribution in [0.1, 0.15) is 69.4 Å². The molecular formula is C23H32S. The van der Waals surface area contributed by atoms with E-state index in [1.54, 1.807) is 0 Å². The SMILES string of the molecule is C=Cc1ccccc1CCCCCCCC/C(=C/C=C\C)CC=S. The van der Waals surface area contributed by atoms with Crippen LogP contribution < -0.4 is 0 Å². The van der Waals surface area contributed by atoms with Crippen LogP contribution in [-0.2, 0) is 6.42 Å². The van der Waals surface area contributed by atoms with E-state index < -0.39 is 0 Å². The molecule has 1 rings (SSSR count). The van der Waals surface area contributed by atoms with E-state index in [1.165, 1.54) is 68.1 Å². The van der Waals surface area contributed by atoms with Gasteiger partial charge in [0.1, 0.15) is 0 Å². The van der Waals surface area contributed by atoms with Gasteiger partial charge in [0.05, 0.1) is 0 Å². The van der Waals surface area contributed by atoms with Gasteiger partial charge in [0.25, 0.3) is 0 Å². The highest BCUT2D eigenvalue weighted by molar-refractivity contribution is 7.79. The summed E-state index contributed by atoms with van der Waals surface area (Å²) < 4.78 is 0. The third-order valence-electron chi connectivity index (χ3n) is 4.34. The van der Waals surface area contributed by atoms with E-state index in [1.807, 2.05) is 11.4 Å². The fourth-order valence-corrected chi connectivity index (χ4v) is 3.14. The van der Waals surface area contributed by atoms with Crippen molar-refractivity contribution < 1.29 is 0 Å². The number of unbranched alkanes of at least 4 members (excludes halogenated alkanes) is 5. The monoisotopic (exact) mass is 340 g/mol. The quantitative estimate of drug-likeness (QED) is 0.203. The second kappa shape index (κ2) is 13.9. The zero-order valence-electron chi connectivity index (χ0n) is 15.2. The molecule has 0 radical (unpaired) electrons. The second-order valence-electron chi connectivity index (χ2n) is 6.25. The molecule has 0 aromatic heterocycles. The minimum atomic E-state index is 0.947. The highest BCUT2D eigenvalue weighted by atomic mass is 32.1. The van der Waals surface area contributed by atoms with Crippen molar-refractivity contribution >= 4 is 23.7 Å². The van der Waals surface area contributed by atoms with Gasteiger partial charge in [-0.3, -0.25) is 0 Å². The molecule has 1 aromatic carbocycles. The minimum Gasteiger partial charge on any atom is -0.0985 e. The summed E-state index contributed by atoms with van der Waals surface area (Å²) in [4.78, 5) is 0. The highest BCUT2D eigenvalue weighted by Gasteiger charge is 1.99. The molecule has 0 spiro atoms. The third-order valence-corrected chi connectivity index (χ3v) is 4.51. The topological polar surface area (TPSA) is 0 Å². The average Bonchev–Trinajstić information content (AvgIpc) is 2.62. The fraction of sp³-hybridized carbons (Fsp3) is 0.435. The van der Waals surface area contributed by atoms with Gasteiger partial charge in [-0.05, 0) is 55.5 Å². The van der Waals surface area contributed by atoms with Crippen molar-refractivity contribution in [3.8, 4) is 0 Å². The first-order chi connectivity index (χ1) is 11.8. The smallest absolute Gasteiger partial charge is 0.00305 e. The molecule has 0 saturated heterocycles. The fourth-order valence-electron chi connectivity index (χ4n) is 2.93. The van der Waals surface area contributed by atoms with Crippen molar-refractivity contribution in [2.45, 2.75) is 64.7 Å². The Balaban J connectivity index is 2.12. The van der Waals surface area contributed by atoms with Crippen LogP contribution in [0.4, 0.5) is 0 Å². The first-order valence-electron chi connectivity index (χ1n) is 9.26. The largest absolute Gasteiger partial charge is 0.0985 e. The Morgan fingerprint density at radius 3 is 2.46 bits per heavy atom. The Hall–Kier alpha value is -1.47. The Bertz CT molecular complexity index is 537. The lowest BCUT2D eigenvalue weighted by Gasteiger charge is -2.06. The van der Waals surface area contributed by atoms with E-state index in [0.29, 0.717) is 0 Å². The van der Waals surface area contributed by atoms with Gasteiger partial charge in [-0.25, -0.2) is 0 Å². The van der Waals surface area contributed by atoms with E-state index in [0.717, 1.165) is 6.42 Å². The van der Waals surface area contributed by atoms with Gasteiger partial charge in [-0.1, -0.05) is 98.6 Å². The van der Waals surface area contributed by atoms with E-state index in [-0.39, 0.29) is 0 Å². The van der Waals surface area contributed by atoms with Gasteiger partial charge >= 0.3 is 0 Å². The van der Waals surface area contributed by atoms with Crippen LogP contribution in [-0.4, -0.2) is 5.37 Å². The Morgan fingerprint density at radius 1 is 1.04 bits per heavy atom. The van der Waals surface area contributed by atoms with Crippen molar-refractivity contribution in [1.82, 2.24) is 0 Å². The molecular weight excluding hydrogens is 308 g/mol. The van der Waals surface area contributed by atoms with Crippen molar-refractivity contribution in [2.75, 3.05) is 0 Å². The maximum atomic E-state index is 4.99. The maximum Gasteiger partial charge on any atom is -0.00305 e. The molecule has 0 N–H and O–H groups in total. The van der Waals surface area contributed by atoms with Crippen molar-refractivity contribution in [3.05, 3.63) is 65.8 Å². The summed E-state index contributed by atoms with van der Waals surface area (Å²) in [5.74, 6) is 0. The van der Waals surface area contributed by atoms with Crippen LogP contribution in [0.25, 0.3) is 6.08 Å². The normalized spacial score (nSPS) is 11.8. The zero-order chi connectivity index (χ0) is 17.5. The molecule has 0 nitrogen and oxygen atoms in total. The van der Waals surface area contributed by atoms with Gasteiger partial charge < -0.3 is 0 Å². The first-order valence-corrected chi connectivity index (χ1v) is 9.73. The second-order valence-corrected chi connectivity index (χ2v) is 6.58. The van der Waals surface area contributed by atoms with E-state index in [9.17, 15) is 0 Å². The van der Waals surface area contributed by atoms with Gasteiger partial charge in [-0.2, -0.15) is 0 Å². The van der Waals surface area contributed by atoms with Gasteiger partial charge in [0, 0.05) is 0 Å². The van der Waals surface area contributed by atoms with Crippen LogP contribution in [0.3, 0.4) is 0 Å². The standard InChI is InChI=1S/C23H32S/c1-3-5-14-21(19-20-24)15-10-8-6-7-9-11-17-23-18-13-12-16-22(23)4-2/h3-5,12-14,16,18,20H,2,6-11,15,17,19H2,1H3/b5-3-,21-14-. The first kappa shape index (κ1) is 20.6. The van der Waals surface area contributed by atoms with Crippen LogP contribution in [0.5, 0.6) is 0 Å². The molecule has 0 fully saturated rings. The van der Waals surface area contributed by atoms with Crippen LogP contribution >= 0.6 is 12.2 Å². The predicted molar refractivity (Wildman–Crippen MR) is 114 cm³/mol. The summed E-state index contributed by atoms with van der Waals surface area (Å²) >= 11 is 4.99. The average molecular weight is 341 g/mol. The van der Waals surface area contributed by atoms with Gasteiger partial charge in [0.2, 0.25) is 0 Å². The molecule has 0 aliphatic rings. The Kier molecular flexibility index (Phi) is 11.9. The number of rotatable bonds is 13. The van der Waals surface area contributed by atoms with E-state index in [2.05, 4.69) is 56.0 Å². The summed E-state index contributed by atoms with van der Waals surface area (Å²) in [6, 6.07) is 8.60. The lowest BCUT2D eigenvalue weighted by molar-refractivity contribution is 0.592. The third kappa shape index (κ3) is 8.98. The number of aryl methyl sites for hydroxylation is 1. The Morgan fingerprint density at radius 2 is 1.75 bits per heavy atom. The maximum absolute atomic E-state index is 4.99. The molecule has 24 heavy (non-hydrogen) atoms. The molecule has 0 aliphatic carbocycles. The summed E-state index contributed by atoms with van der Waals surface area (Å²) in [6.45, 7) is 5.95. The number of hydrogen-bond donors (Lipinski definition) is 0. The molecule has 0 atom stereocenters. The van der Waals surface area contributed by atoms with Crippen molar-refractivity contribution in [1.29, 1.82) is 0 Å². The minimum absolute atomic E-state index is 0.947. The Labute approximate surface area is 154 Å². The van der Waals surface area contributed by atoms with Crippen LogP contribution in [0.15, 0.2) is 54.6 Å². The number of allylic oxidation sites excluding steroid dienone is 4. The molecule has 0 heterocycles. The van der Waals surface area contributed by atoms with Crippen LogP contribution in [0.2, 0.25) is 0 Å². The van der Waals surface area contributed by atoms with E-state index >= 15 is 0 Å². The molecule has 0 saturated carbocycles. The van der Waals surface area contributed by atoms with E-state index in [4.69, 9.17) is 12.2 Å². The number of thiocarbonyl (C=S) groups is 1. The molecule has 130 valence electrons. The summed E-state index contributed by atoms with van der Waals surface area (Å²) in [5.41, 5.74) is 4.19. The summed E-state index contributed by atoms with van der Waals surface area (Å²) in [6.07, 6.45) is 19.6. The number of benzene rings is 1. The lowest BCUT2D eigenvalue weighted by atomic mass is 9.99. The molecule has 1 aromatic rings. The number of hydrogen-bond acceptors (Lipinski definition) is 1. The van der Waals surface area contributed by atoms with Gasteiger partial charge in [-0.15, -0.1) is 0 Å². The molecule has 0 bridgehead atoms. The predicted octanol–water partition coefficient (Wildman–Crippen LogP) is 7.50. The molecule has 0 aliphatic heterocycles. The highest BCUT2D eigenvalue weighted by Crippen LogP contribution is 2.16. The van der Waals surface area contributed by atoms with Gasteiger partial charge in [0.15, 0.2) is 0 Å². The molecule has 0 amide bonds. The zero-order valence-corrected chi connectivity index (χ0v) is 16.0.